The van der Waals surface area contributed by atoms with E-state index >= 15 is 0 Å². The van der Waals surface area contributed by atoms with Crippen molar-refractivity contribution in [1.82, 2.24) is 14.5 Å². The maximum absolute atomic E-state index is 12.4. The quantitative estimate of drug-likeness (QED) is 0.819. The lowest BCUT2D eigenvalue weighted by molar-refractivity contribution is -0.117. The molecule has 1 saturated heterocycles. The number of primary amides is 1. The van der Waals surface area contributed by atoms with Gasteiger partial charge in [0.15, 0.2) is 0 Å². The maximum atomic E-state index is 12.4. The number of rotatable bonds is 6. The molecular weight excluding hydrogens is 330 g/mol. The van der Waals surface area contributed by atoms with E-state index in [1.807, 2.05) is 24.0 Å². The average molecular weight is 355 g/mol. The molecule has 0 radical (unpaired) electrons. The van der Waals surface area contributed by atoms with Gasteiger partial charge in [-0.05, 0) is 37.4 Å². The molecular formula is C19H25N5O2. The molecule has 2 amide bonds. The van der Waals surface area contributed by atoms with Crippen LogP contribution in [0.2, 0.25) is 0 Å². The Hall–Kier alpha value is -2.67. The molecule has 3 N–H and O–H groups in total. The lowest BCUT2D eigenvalue weighted by atomic mass is 9.94. The van der Waals surface area contributed by atoms with Gasteiger partial charge in [-0.1, -0.05) is 12.1 Å². The Morgan fingerprint density at radius 2 is 2.15 bits per heavy atom. The Labute approximate surface area is 153 Å². The molecule has 26 heavy (non-hydrogen) atoms. The van der Waals surface area contributed by atoms with Crippen molar-refractivity contribution in [2.45, 2.75) is 19.3 Å². The molecule has 1 aromatic heterocycles. The van der Waals surface area contributed by atoms with Crippen molar-refractivity contribution in [2.75, 3.05) is 25.0 Å². The van der Waals surface area contributed by atoms with Crippen LogP contribution in [-0.4, -0.2) is 45.9 Å². The van der Waals surface area contributed by atoms with E-state index in [0.717, 1.165) is 38.2 Å². The summed E-state index contributed by atoms with van der Waals surface area (Å²) in [5.74, 6) is 0.901. The van der Waals surface area contributed by atoms with Crippen molar-refractivity contribution >= 4 is 17.5 Å². The van der Waals surface area contributed by atoms with Crippen LogP contribution in [0.4, 0.5) is 5.69 Å². The molecule has 7 nitrogen and oxygen atoms in total. The van der Waals surface area contributed by atoms with E-state index in [0.29, 0.717) is 23.7 Å². The number of nitrogens with zero attached hydrogens (tertiary/aromatic N) is 3. The van der Waals surface area contributed by atoms with Gasteiger partial charge in [-0.15, -0.1) is 0 Å². The second-order valence-corrected chi connectivity index (χ2v) is 6.86. The zero-order valence-corrected chi connectivity index (χ0v) is 15.0. The fourth-order valence-corrected chi connectivity index (χ4v) is 3.51. The van der Waals surface area contributed by atoms with Gasteiger partial charge in [0.05, 0.1) is 17.8 Å². The fraction of sp³-hybridized carbons (Fsp3) is 0.421. The first-order valence-corrected chi connectivity index (χ1v) is 8.90. The molecule has 2 aromatic rings. The SMILES string of the molecule is Cn1ccnc1C[C@H]1CCCN(CC(=O)Nc2ccccc2C(N)=O)C1. The summed E-state index contributed by atoms with van der Waals surface area (Å²) in [6.45, 7) is 2.09. The number of nitrogens with one attached hydrogen (secondary N) is 1. The fourth-order valence-electron chi connectivity index (χ4n) is 3.51. The second kappa shape index (κ2) is 8.14. The van der Waals surface area contributed by atoms with E-state index in [4.69, 9.17) is 5.73 Å². The number of hydrogen-bond acceptors (Lipinski definition) is 4. The van der Waals surface area contributed by atoms with Crippen LogP contribution in [0.25, 0.3) is 0 Å². The normalized spacial score (nSPS) is 17.8. The number of para-hydroxylation sites is 1. The third kappa shape index (κ3) is 4.49. The molecule has 0 saturated carbocycles. The van der Waals surface area contributed by atoms with Crippen molar-refractivity contribution in [3.63, 3.8) is 0 Å². The molecule has 1 aliphatic heterocycles. The van der Waals surface area contributed by atoms with Gasteiger partial charge in [0.1, 0.15) is 5.82 Å². The third-order valence-corrected chi connectivity index (χ3v) is 4.83. The van der Waals surface area contributed by atoms with E-state index in [-0.39, 0.29) is 5.91 Å². The van der Waals surface area contributed by atoms with E-state index in [2.05, 4.69) is 15.2 Å². The Morgan fingerprint density at radius 3 is 2.88 bits per heavy atom. The predicted octanol–water partition coefficient (Wildman–Crippen LogP) is 1.41. The van der Waals surface area contributed by atoms with Crippen molar-refractivity contribution in [1.29, 1.82) is 0 Å². The monoisotopic (exact) mass is 355 g/mol. The highest BCUT2D eigenvalue weighted by molar-refractivity contribution is 6.03. The number of carbonyl (C=O) groups excluding carboxylic acids is 2. The van der Waals surface area contributed by atoms with Gasteiger partial charge < -0.3 is 15.6 Å². The Kier molecular flexibility index (Phi) is 5.68. The lowest BCUT2D eigenvalue weighted by Crippen LogP contribution is -2.41. The largest absolute Gasteiger partial charge is 0.366 e. The van der Waals surface area contributed by atoms with Gasteiger partial charge >= 0.3 is 0 Å². The van der Waals surface area contributed by atoms with Crippen LogP contribution in [0.15, 0.2) is 36.7 Å². The average Bonchev–Trinajstić information content (AvgIpc) is 3.00. The number of benzene rings is 1. The number of aryl methyl sites for hydroxylation is 1. The van der Waals surface area contributed by atoms with Crippen LogP contribution < -0.4 is 11.1 Å². The molecule has 0 unspecified atom stereocenters. The summed E-state index contributed by atoms with van der Waals surface area (Å²) in [6, 6.07) is 6.80. The number of nitrogens with two attached hydrogens (primary N) is 1. The van der Waals surface area contributed by atoms with Crippen LogP contribution in [0, 0.1) is 5.92 Å². The molecule has 1 aromatic carbocycles. The predicted molar refractivity (Wildman–Crippen MR) is 99.7 cm³/mol. The van der Waals surface area contributed by atoms with Crippen LogP contribution in [-0.2, 0) is 18.3 Å². The third-order valence-electron chi connectivity index (χ3n) is 4.83. The van der Waals surface area contributed by atoms with E-state index < -0.39 is 5.91 Å². The summed E-state index contributed by atoms with van der Waals surface area (Å²) >= 11 is 0. The van der Waals surface area contributed by atoms with Gasteiger partial charge in [0, 0.05) is 32.4 Å². The van der Waals surface area contributed by atoms with Crippen LogP contribution in [0.3, 0.4) is 0 Å². The van der Waals surface area contributed by atoms with Crippen LogP contribution in [0.5, 0.6) is 0 Å². The highest BCUT2D eigenvalue weighted by Gasteiger charge is 2.23. The van der Waals surface area contributed by atoms with Gasteiger partial charge in [0.25, 0.3) is 5.91 Å². The lowest BCUT2D eigenvalue weighted by Gasteiger charge is -2.32. The molecule has 3 rings (SSSR count). The number of anilines is 1. The summed E-state index contributed by atoms with van der Waals surface area (Å²) in [6.07, 6.45) is 6.92. The number of aromatic nitrogens is 2. The molecule has 1 fully saturated rings. The minimum absolute atomic E-state index is 0.128. The van der Waals surface area contributed by atoms with E-state index in [9.17, 15) is 9.59 Å². The van der Waals surface area contributed by atoms with E-state index in [1.165, 1.54) is 0 Å². The summed E-state index contributed by atoms with van der Waals surface area (Å²) < 4.78 is 2.05. The second-order valence-electron chi connectivity index (χ2n) is 6.86. The Balaban J connectivity index is 1.56. The zero-order valence-electron chi connectivity index (χ0n) is 15.0. The molecule has 7 heteroatoms. The molecule has 1 atom stereocenters. The van der Waals surface area contributed by atoms with Gasteiger partial charge in [-0.25, -0.2) is 4.98 Å². The maximum Gasteiger partial charge on any atom is 0.250 e. The van der Waals surface area contributed by atoms with Crippen molar-refractivity contribution < 1.29 is 9.59 Å². The first-order chi connectivity index (χ1) is 12.5. The van der Waals surface area contributed by atoms with Gasteiger partial charge in [0.2, 0.25) is 5.91 Å². The van der Waals surface area contributed by atoms with Crippen molar-refractivity contribution in [3.8, 4) is 0 Å². The number of piperidine rings is 1. The van der Waals surface area contributed by atoms with Gasteiger partial charge in [-0.2, -0.15) is 0 Å². The van der Waals surface area contributed by atoms with Crippen molar-refractivity contribution in [2.24, 2.45) is 18.7 Å². The molecule has 1 aliphatic rings. The molecule has 0 bridgehead atoms. The molecule has 0 aliphatic carbocycles. The Morgan fingerprint density at radius 1 is 1.35 bits per heavy atom. The van der Waals surface area contributed by atoms with E-state index in [1.54, 1.807) is 24.3 Å². The van der Waals surface area contributed by atoms with Crippen LogP contribution in [0.1, 0.15) is 29.0 Å². The number of imidazole rings is 1. The minimum atomic E-state index is -0.547. The molecule has 2 heterocycles. The smallest absolute Gasteiger partial charge is 0.250 e. The summed E-state index contributed by atoms with van der Waals surface area (Å²) in [4.78, 5) is 30.4. The Bertz CT molecular complexity index is 786. The molecule has 0 spiro atoms. The highest BCUT2D eigenvalue weighted by atomic mass is 16.2. The number of hydrogen-bond donors (Lipinski definition) is 2. The summed E-state index contributed by atoms with van der Waals surface area (Å²) in [7, 11) is 2.01. The number of carbonyl (C=O) groups is 2. The topological polar surface area (TPSA) is 93.2 Å². The first kappa shape index (κ1) is 18.1. The number of likely N-dealkylation sites (tertiary alicyclic amines) is 1. The standard InChI is InChI=1S/C19H25N5O2/c1-23-10-8-21-17(23)11-14-5-4-9-24(12-14)13-18(25)22-16-7-3-2-6-15(16)19(20)26/h2-3,6-8,10,14H,4-5,9,11-13H2,1H3,(H2,20,26)(H,22,25)/t14-/m1/s1. The summed E-state index contributed by atoms with van der Waals surface area (Å²) in [5.41, 5.74) is 6.15. The highest BCUT2D eigenvalue weighted by Crippen LogP contribution is 2.20. The minimum Gasteiger partial charge on any atom is -0.366 e. The number of amides is 2. The summed E-state index contributed by atoms with van der Waals surface area (Å²) in [5, 5.41) is 2.81. The first-order valence-electron chi connectivity index (χ1n) is 8.90. The van der Waals surface area contributed by atoms with Gasteiger partial charge in [-0.3, -0.25) is 14.5 Å². The van der Waals surface area contributed by atoms with Crippen LogP contribution >= 0.6 is 0 Å². The molecule has 138 valence electrons. The van der Waals surface area contributed by atoms with Crippen molar-refractivity contribution in [3.05, 3.63) is 48.0 Å². The zero-order chi connectivity index (χ0) is 18.5.